The van der Waals surface area contributed by atoms with E-state index in [1.807, 2.05) is 18.2 Å². The Morgan fingerprint density at radius 2 is 1.85 bits per heavy atom. The molecular formula is C16H18FNO2. The summed E-state index contributed by atoms with van der Waals surface area (Å²) in [5.41, 5.74) is 7.65. The number of nitrogens with two attached hydrogens (primary N) is 1. The van der Waals surface area contributed by atoms with Crippen molar-refractivity contribution in [2.75, 3.05) is 13.7 Å². The van der Waals surface area contributed by atoms with Gasteiger partial charge < -0.3 is 15.2 Å². The summed E-state index contributed by atoms with van der Waals surface area (Å²) in [5.74, 6) is 1.12. The smallest absolute Gasteiger partial charge is 0.125 e. The molecule has 0 fully saturated rings. The number of halogens is 1. The summed E-state index contributed by atoms with van der Waals surface area (Å²) in [4.78, 5) is 0. The lowest BCUT2D eigenvalue weighted by molar-refractivity contribution is 0.296. The van der Waals surface area contributed by atoms with Gasteiger partial charge in [0.05, 0.1) is 7.11 Å². The summed E-state index contributed by atoms with van der Waals surface area (Å²) in [7, 11) is 1.62. The monoisotopic (exact) mass is 275 g/mol. The zero-order chi connectivity index (χ0) is 14.4. The minimum Gasteiger partial charge on any atom is -0.496 e. The van der Waals surface area contributed by atoms with Gasteiger partial charge in [-0.1, -0.05) is 6.07 Å². The minimum absolute atomic E-state index is 0.278. The fourth-order valence-electron chi connectivity index (χ4n) is 1.96. The van der Waals surface area contributed by atoms with Gasteiger partial charge in [0, 0.05) is 5.56 Å². The number of methoxy groups -OCH3 is 1. The van der Waals surface area contributed by atoms with Crippen LogP contribution < -0.4 is 15.2 Å². The first kappa shape index (κ1) is 14.3. The third kappa shape index (κ3) is 3.71. The molecule has 2 N–H and O–H groups in total. The van der Waals surface area contributed by atoms with Crippen molar-refractivity contribution >= 4 is 0 Å². The maximum absolute atomic E-state index is 12.8. The second-order valence-electron chi connectivity index (χ2n) is 4.43. The summed E-state index contributed by atoms with van der Waals surface area (Å²) >= 11 is 0. The molecule has 0 heterocycles. The molecule has 0 aliphatic carbocycles. The Morgan fingerprint density at radius 3 is 2.50 bits per heavy atom. The van der Waals surface area contributed by atoms with Crippen molar-refractivity contribution in [3.8, 4) is 11.5 Å². The van der Waals surface area contributed by atoms with E-state index < -0.39 is 0 Å². The van der Waals surface area contributed by atoms with Crippen molar-refractivity contribution in [2.24, 2.45) is 5.73 Å². The molecule has 0 radical (unpaired) electrons. The van der Waals surface area contributed by atoms with Gasteiger partial charge in [-0.15, -0.1) is 0 Å². The van der Waals surface area contributed by atoms with Crippen molar-refractivity contribution in [1.82, 2.24) is 0 Å². The molecule has 0 atom stereocenters. The Labute approximate surface area is 118 Å². The van der Waals surface area contributed by atoms with E-state index in [1.165, 1.54) is 12.1 Å². The minimum atomic E-state index is -0.278. The van der Waals surface area contributed by atoms with Gasteiger partial charge in [-0.2, -0.15) is 0 Å². The molecule has 0 bridgehead atoms. The summed E-state index contributed by atoms with van der Waals surface area (Å²) < 4.78 is 23.8. The van der Waals surface area contributed by atoms with Gasteiger partial charge >= 0.3 is 0 Å². The van der Waals surface area contributed by atoms with E-state index in [-0.39, 0.29) is 5.82 Å². The summed E-state index contributed by atoms with van der Waals surface area (Å²) in [5, 5.41) is 0. The summed E-state index contributed by atoms with van der Waals surface area (Å²) in [6.07, 6.45) is 0.813. The van der Waals surface area contributed by atoms with Gasteiger partial charge in [-0.05, 0) is 54.9 Å². The van der Waals surface area contributed by atoms with Crippen LogP contribution in [0.1, 0.15) is 11.1 Å². The second-order valence-corrected chi connectivity index (χ2v) is 4.43. The molecule has 3 nitrogen and oxygen atoms in total. The highest BCUT2D eigenvalue weighted by Crippen LogP contribution is 2.22. The SMILES string of the molecule is COc1ccc(CCN)cc1COc1ccc(F)cc1. The van der Waals surface area contributed by atoms with Gasteiger partial charge in [-0.3, -0.25) is 0 Å². The van der Waals surface area contributed by atoms with Crippen molar-refractivity contribution in [1.29, 1.82) is 0 Å². The molecule has 0 aliphatic rings. The lowest BCUT2D eigenvalue weighted by atomic mass is 10.1. The molecule has 2 aromatic rings. The lowest BCUT2D eigenvalue weighted by Crippen LogP contribution is -2.05. The molecule has 0 spiro atoms. The number of ether oxygens (including phenoxy) is 2. The predicted molar refractivity (Wildman–Crippen MR) is 76.5 cm³/mol. The number of hydrogen-bond donors (Lipinski definition) is 1. The largest absolute Gasteiger partial charge is 0.496 e. The maximum Gasteiger partial charge on any atom is 0.125 e. The number of hydrogen-bond acceptors (Lipinski definition) is 3. The van der Waals surface area contributed by atoms with E-state index in [2.05, 4.69) is 0 Å². The molecule has 0 amide bonds. The van der Waals surface area contributed by atoms with E-state index in [4.69, 9.17) is 15.2 Å². The zero-order valence-corrected chi connectivity index (χ0v) is 11.4. The highest BCUT2D eigenvalue weighted by Gasteiger charge is 2.06. The molecule has 0 aliphatic heterocycles. The first-order valence-corrected chi connectivity index (χ1v) is 6.47. The van der Waals surface area contributed by atoms with Gasteiger partial charge in [0.25, 0.3) is 0 Å². The molecule has 0 saturated carbocycles. The topological polar surface area (TPSA) is 44.5 Å². The van der Waals surface area contributed by atoms with Crippen molar-refractivity contribution < 1.29 is 13.9 Å². The highest BCUT2D eigenvalue weighted by molar-refractivity contribution is 5.37. The third-order valence-corrected chi connectivity index (χ3v) is 2.99. The molecule has 106 valence electrons. The fraction of sp³-hybridized carbons (Fsp3) is 0.250. The molecule has 20 heavy (non-hydrogen) atoms. The van der Waals surface area contributed by atoms with Crippen LogP contribution in [-0.4, -0.2) is 13.7 Å². The van der Waals surface area contributed by atoms with Crippen LogP contribution >= 0.6 is 0 Å². The van der Waals surface area contributed by atoms with Crippen LogP contribution in [0.2, 0.25) is 0 Å². The Morgan fingerprint density at radius 1 is 1.10 bits per heavy atom. The van der Waals surface area contributed by atoms with E-state index in [0.717, 1.165) is 23.3 Å². The van der Waals surface area contributed by atoms with E-state index in [0.29, 0.717) is 18.9 Å². The first-order valence-electron chi connectivity index (χ1n) is 6.47. The summed E-state index contributed by atoms with van der Waals surface area (Å²) in [6.45, 7) is 0.970. The van der Waals surface area contributed by atoms with Crippen LogP contribution in [0.15, 0.2) is 42.5 Å². The standard InChI is InChI=1S/C16H18FNO2/c1-19-16-7-2-12(8-9-18)10-13(16)11-20-15-5-3-14(17)4-6-15/h2-7,10H,8-9,11,18H2,1H3. The van der Waals surface area contributed by atoms with Crippen molar-refractivity contribution in [3.05, 3.63) is 59.4 Å². The van der Waals surface area contributed by atoms with Crippen LogP contribution in [0.5, 0.6) is 11.5 Å². The second kappa shape index (κ2) is 6.91. The number of benzene rings is 2. The van der Waals surface area contributed by atoms with Crippen LogP contribution in [-0.2, 0) is 13.0 Å². The van der Waals surface area contributed by atoms with Gasteiger partial charge in [0.2, 0.25) is 0 Å². The molecule has 2 rings (SSSR count). The lowest BCUT2D eigenvalue weighted by Gasteiger charge is -2.12. The van der Waals surface area contributed by atoms with Gasteiger partial charge in [0.1, 0.15) is 23.9 Å². The quantitative estimate of drug-likeness (QED) is 0.881. The third-order valence-electron chi connectivity index (χ3n) is 2.99. The fourth-order valence-corrected chi connectivity index (χ4v) is 1.96. The van der Waals surface area contributed by atoms with Crippen LogP contribution in [0, 0.1) is 5.82 Å². The first-order chi connectivity index (χ1) is 9.72. The predicted octanol–water partition coefficient (Wildman–Crippen LogP) is 2.91. The van der Waals surface area contributed by atoms with E-state index in [9.17, 15) is 4.39 Å². The Bertz CT molecular complexity index is 555. The molecule has 2 aromatic carbocycles. The Kier molecular flexibility index (Phi) is 4.96. The summed E-state index contributed by atoms with van der Waals surface area (Å²) in [6, 6.07) is 11.9. The zero-order valence-electron chi connectivity index (χ0n) is 11.4. The van der Waals surface area contributed by atoms with Gasteiger partial charge in [0.15, 0.2) is 0 Å². The average Bonchev–Trinajstić information content (AvgIpc) is 2.47. The molecule has 0 unspecified atom stereocenters. The Hall–Kier alpha value is -2.07. The Balaban J connectivity index is 2.10. The number of rotatable bonds is 6. The molecule has 0 aromatic heterocycles. The van der Waals surface area contributed by atoms with Crippen LogP contribution in [0.4, 0.5) is 4.39 Å². The average molecular weight is 275 g/mol. The molecule has 0 saturated heterocycles. The highest BCUT2D eigenvalue weighted by atomic mass is 19.1. The van der Waals surface area contributed by atoms with Crippen molar-refractivity contribution in [2.45, 2.75) is 13.0 Å². The van der Waals surface area contributed by atoms with E-state index >= 15 is 0 Å². The maximum atomic E-state index is 12.8. The molecule has 4 heteroatoms. The van der Waals surface area contributed by atoms with Gasteiger partial charge in [-0.25, -0.2) is 4.39 Å². The van der Waals surface area contributed by atoms with Crippen molar-refractivity contribution in [3.63, 3.8) is 0 Å². The normalized spacial score (nSPS) is 10.3. The molecular weight excluding hydrogens is 257 g/mol. The van der Waals surface area contributed by atoms with Crippen LogP contribution in [0.25, 0.3) is 0 Å². The van der Waals surface area contributed by atoms with E-state index in [1.54, 1.807) is 19.2 Å². The van der Waals surface area contributed by atoms with Crippen LogP contribution in [0.3, 0.4) is 0 Å².